The number of primary sulfonamides is 1. The molecule has 2 aromatic carbocycles. The van der Waals surface area contributed by atoms with Gasteiger partial charge < -0.3 is 15.2 Å². The maximum Gasteiger partial charge on any atom is 0.238 e. The summed E-state index contributed by atoms with van der Waals surface area (Å²) in [5, 5.41) is 11.7. The number of aromatic nitrogens is 2. The smallest absolute Gasteiger partial charge is 0.238 e. The van der Waals surface area contributed by atoms with Crippen LogP contribution in [-0.4, -0.2) is 43.6 Å². The monoisotopic (exact) mass is 570 g/mol. The maximum atomic E-state index is 11.3. The first-order chi connectivity index (χ1) is 14.9. The number of para-hydroxylation sites is 2. The minimum atomic E-state index is -3.66. The van der Waals surface area contributed by atoms with E-state index in [1.807, 2.05) is 32.0 Å². The third-order valence-corrected chi connectivity index (χ3v) is 5.89. The zero-order chi connectivity index (χ0) is 22.3. The first-order valence-corrected chi connectivity index (χ1v) is 12.0. The second kappa shape index (κ2) is 12.2. The summed E-state index contributed by atoms with van der Waals surface area (Å²) in [6.45, 7) is 7.09. The zero-order valence-electron chi connectivity index (χ0n) is 18.4. The van der Waals surface area contributed by atoms with Gasteiger partial charge in [0.1, 0.15) is 5.82 Å². The van der Waals surface area contributed by atoms with Crippen LogP contribution in [0.5, 0.6) is 0 Å². The van der Waals surface area contributed by atoms with Gasteiger partial charge in [0, 0.05) is 26.2 Å². The Bertz CT molecular complexity index is 1140. The molecule has 0 aliphatic heterocycles. The van der Waals surface area contributed by atoms with Gasteiger partial charge in [-0.3, -0.25) is 4.99 Å². The Hall–Kier alpha value is -2.18. The van der Waals surface area contributed by atoms with E-state index in [2.05, 4.69) is 31.2 Å². The highest BCUT2D eigenvalue weighted by Gasteiger charge is 2.07. The van der Waals surface area contributed by atoms with Crippen LogP contribution in [0.25, 0.3) is 11.0 Å². The second-order valence-corrected chi connectivity index (χ2v) is 8.84. The van der Waals surface area contributed by atoms with E-state index < -0.39 is 10.0 Å². The van der Waals surface area contributed by atoms with E-state index in [1.165, 1.54) is 12.1 Å². The van der Waals surface area contributed by atoms with Crippen molar-refractivity contribution in [2.75, 3.05) is 19.6 Å². The normalized spacial score (nSPS) is 11.9. The zero-order valence-corrected chi connectivity index (χ0v) is 21.6. The molecule has 0 spiro atoms. The van der Waals surface area contributed by atoms with Gasteiger partial charge in [-0.15, -0.1) is 24.0 Å². The van der Waals surface area contributed by atoms with Gasteiger partial charge in [0.05, 0.1) is 15.9 Å². The standard InChI is InChI=1S/C22H30N6O2S.HI/c1-3-24-22(26-15-13-18-9-11-19(12-10-18)31(23,29)30)25-14-6-16-28-17(2)27-20-7-4-5-8-21(20)28;/h4-5,7-12H,3,6,13-16H2,1-2H3,(H2,23,29,30)(H2,24,25,26);1H. The molecule has 0 unspecified atom stereocenters. The van der Waals surface area contributed by atoms with E-state index in [4.69, 9.17) is 5.14 Å². The van der Waals surface area contributed by atoms with Gasteiger partial charge in [-0.1, -0.05) is 24.3 Å². The summed E-state index contributed by atoms with van der Waals surface area (Å²) in [4.78, 5) is 9.40. The molecule has 1 aromatic heterocycles. The Morgan fingerprint density at radius 2 is 1.84 bits per heavy atom. The molecular weight excluding hydrogens is 539 g/mol. The summed E-state index contributed by atoms with van der Waals surface area (Å²) < 4.78 is 24.9. The molecule has 0 aliphatic rings. The van der Waals surface area contributed by atoms with E-state index in [1.54, 1.807) is 12.1 Å². The van der Waals surface area contributed by atoms with Crippen molar-refractivity contribution in [2.45, 2.75) is 38.1 Å². The third-order valence-electron chi connectivity index (χ3n) is 4.96. The molecule has 8 nitrogen and oxygen atoms in total. The van der Waals surface area contributed by atoms with Crippen molar-refractivity contribution in [2.24, 2.45) is 10.1 Å². The molecule has 0 saturated carbocycles. The van der Waals surface area contributed by atoms with Gasteiger partial charge in [0.2, 0.25) is 10.0 Å². The van der Waals surface area contributed by atoms with E-state index in [9.17, 15) is 8.42 Å². The van der Waals surface area contributed by atoms with Crippen LogP contribution >= 0.6 is 24.0 Å². The van der Waals surface area contributed by atoms with Crippen LogP contribution in [0, 0.1) is 6.92 Å². The Kier molecular flexibility index (Phi) is 9.91. The van der Waals surface area contributed by atoms with Gasteiger partial charge in [-0.2, -0.15) is 0 Å². The van der Waals surface area contributed by atoms with E-state index in [0.29, 0.717) is 13.1 Å². The molecule has 0 saturated heterocycles. The molecule has 0 aliphatic carbocycles. The number of aliphatic imine (C=N–C) groups is 1. The van der Waals surface area contributed by atoms with Crippen molar-refractivity contribution in [1.82, 2.24) is 20.2 Å². The lowest BCUT2D eigenvalue weighted by molar-refractivity contribution is 0.598. The molecule has 10 heteroatoms. The largest absolute Gasteiger partial charge is 0.357 e. The molecule has 4 N–H and O–H groups in total. The molecule has 0 amide bonds. The van der Waals surface area contributed by atoms with Crippen molar-refractivity contribution in [1.29, 1.82) is 0 Å². The first kappa shape index (κ1) is 26.1. The number of hydrogen-bond acceptors (Lipinski definition) is 4. The average Bonchev–Trinajstić information content (AvgIpc) is 3.06. The molecule has 0 bridgehead atoms. The molecule has 32 heavy (non-hydrogen) atoms. The minimum Gasteiger partial charge on any atom is -0.357 e. The van der Waals surface area contributed by atoms with Crippen LogP contribution in [0.4, 0.5) is 0 Å². The molecule has 174 valence electrons. The highest BCUT2D eigenvalue weighted by atomic mass is 127. The van der Waals surface area contributed by atoms with Gasteiger partial charge in [0.15, 0.2) is 5.96 Å². The molecule has 1 heterocycles. The van der Waals surface area contributed by atoms with Gasteiger partial charge in [-0.25, -0.2) is 18.5 Å². The fourth-order valence-electron chi connectivity index (χ4n) is 3.41. The molecule has 0 fully saturated rings. The van der Waals surface area contributed by atoms with E-state index in [-0.39, 0.29) is 28.9 Å². The van der Waals surface area contributed by atoms with E-state index >= 15 is 0 Å². The van der Waals surface area contributed by atoms with Crippen LogP contribution < -0.4 is 15.8 Å². The first-order valence-electron chi connectivity index (χ1n) is 10.4. The van der Waals surface area contributed by atoms with Crippen LogP contribution in [0.15, 0.2) is 58.4 Å². The summed E-state index contributed by atoms with van der Waals surface area (Å²) in [6, 6.07) is 14.8. The number of rotatable bonds is 9. The number of nitrogens with two attached hydrogens (primary N) is 1. The maximum absolute atomic E-state index is 11.3. The molecule has 3 rings (SSSR count). The lowest BCUT2D eigenvalue weighted by atomic mass is 10.1. The summed E-state index contributed by atoms with van der Waals surface area (Å²) >= 11 is 0. The quantitative estimate of drug-likeness (QED) is 0.159. The lowest BCUT2D eigenvalue weighted by Gasteiger charge is -2.12. The predicted molar refractivity (Wildman–Crippen MR) is 140 cm³/mol. The molecule has 3 aromatic rings. The van der Waals surface area contributed by atoms with Gasteiger partial charge >= 0.3 is 0 Å². The SMILES string of the molecule is CCNC(=NCCCn1c(C)nc2ccccc21)NCCc1ccc(S(N)(=O)=O)cc1.I. The number of imidazole rings is 1. The minimum absolute atomic E-state index is 0. The van der Waals surface area contributed by atoms with Gasteiger partial charge in [-0.05, 0) is 56.5 Å². The topological polar surface area (TPSA) is 114 Å². The Balaban J connectivity index is 0.00000363. The van der Waals surface area contributed by atoms with Gasteiger partial charge in [0.25, 0.3) is 0 Å². The number of benzene rings is 2. The summed E-state index contributed by atoms with van der Waals surface area (Å²) in [5.74, 6) is 1.79. The molecule has 0 radical (unpaired) electrons. The summed E-state index contributed by atoms with van der Waals surface area (Å²) in [6.07, 6.45) is 1.66. The molecule has 0 atom stereocenters. The van der Waals surface area contributed by atoms with Crippen LogP contribution in [-0.2, 0) is 23.0 Å². The Morgan fingerprint density at radius 1 is 1.12 bits per heavy atom. The number of nitrogens with zero attached hydrogens (tertiary/aromatic N) is 3. The highest BCUT2D eigenvalue weighted by molar-refractivity contribution is 14.0. The van der Waals surface area contributed by atoms with Crippen molar-refractivity contribution in [3.63, 3.8) is 0 Å². The van der Waals surface area contributed by atoms with Crippen molar-refractivity contribution in [3.8, 4) is 0 Å². The number of fused-ring (bicyclic) bond motifs is 1. The fourth-order valence-corrected chi connectivity index (χ4v) is 3.93. The predicted octanol–water partition coefficient (Wildman–Crippen LogP) is 2.80. The third kappa shape index (κ3) is 7.17. The highest BCUT2D eigenvalue weighted by Crippen LogP contribution is 2.15. The average molecular weight is 571 g/mol. The number of halogens is 1. The lowest BCUT2D eigenvalue weighted by Crippen LogP contribution is -2.38. The Labute approximate surface area is 206 Å². The van der Waals surface area contributed by atoms with E-state index in [0.717, 1.165) is 54.3 Å². The van der Waals surface area contributed by atoms with Crippen molar-refractivity contribution >= 4 is 51.0 Å². The fraction of sp³-hybridized carbons (Fsp3) is 0.364. The van der Waals surface area contributed by atoms with Crippen LogP contribution in [0.3, 0.4) is 0 Å². The van der Waals surface area contributed by atoms with Crippen LogP contribution in [0.1, 0.15) is 24.7 Å². The molecular formula is C22H31IN6O2S. The number of aryl methyl sites for hydroxylation is 2. The number of guanidine groups is 1. The number of sulfonamides is 1. The van der Waals surface area contributed by atoms with Crippen molar-refractivity contribution in [3.05, 3.63) is 59.9 Å². The van der Waals surface area contributed by atoms with Crippen LogP contribution in [0.2, 0.25) is 0 Å². The second-order valence-electron chi connectivity index (χ2n) is 7.28. The number of nitrogens with one attached hydrogen (secondary N) is 2. The summed E-state index contributed by atoms with van der Waals surface area (Å²) in [7, 11) is -3.66. The Morgan fingerprint density at radius 3 is 2.53 bits per heavy atom. The summed E-state index contributed by atoms with van der Waals surface area (Å²) in [5.41, 5.74) is 3.20. The van der Waals surface area contributed by atoms with Crippen molar-refractivity contribution < 1.29 is 8.42 Å². The number of hydrogen-bond donors (Lipinski definition) is 3.